The summed E-state index contributed by atoms with van der Waals surface area (Å²) in [5, 5.41) is 9.84. The Morgan fingerprint density at radius 2 is 1.70 bits per heavy atom. The number of fused-ring (bicyclic) bond motifs is 2. The Kier molecular flexibility index (Phi) is 5.67. The van der Waals surface area contributed by atoms with Gasteiger partial charge in [-0.3, -0.25) is 0 Å². The van der Waals surface area contributed by atoms with Crippen molar-refractivity contribution in [2.75, 3.05) is 17.7 Å². The Balaban J connectivity index is 1.43. The maximum atomic E-state index is 13.5. The fraction of sp³-hybridized carbons (Fsp3) is 0.0769. The summed E-state index contributed by atoms with van der Waals surface area (Å²) in [6, 6.07) is 22.7. The molecule has 0 fully saturated rings. The molecule has 1 heterocycles. The maximum Gasteiger partial charge on any atom is 0.141 e. The highest BCUT2D eigenvalue weighted by Crippen LogP contribution is 2.29. The zero-order valence-electron chi connectivity index (χ0n) is 17.8. The van der Waals surface area contributed by atoms with Gasteiger partial charge >= 0.3 is 0 Å². The summed E-state index contributed by atoms with van der Waals surface area (Å²) >= 11 is 5.92. The molecule has 0 saturated carbocycles. The second kappa shape index (κ2) is 8.92. The lowest BCUT2D eigenvalue weighted by Crippen LogP contribution is -2.03. The normalized spacial score (nSPS) is 11.0. The summed E-state index contributed by atoms with van der Waals surface area (Å²) in [7, 11) is 1.68. The molecule has 7 heteroatoms. The Hall–Kier alpha value is -3.90. The second-order valence-electron chi connectivity index (χ2n) is 7.57. The number of aromatic nitrogens is 2. The van der Waals surface area contributed by atoms with Gasteiger partial charge in [0.1, 0.15) is 23.7 Å². The fourth-order valence-corrected chi connectivity index (χ4v) is 3.95. The number of hydrogen-bond acceptors (Lipinski definition) is 5. The number of anilines is 3. The average Bonchev–Trinajstić information content (AvgIpc) is 2.84. The van der Waals surface area contributed by atoms with Gasteiger partial charge in [-0.05, 0) is 59.3 Å². The number of nitrogens with zero attached hydrogens (tertiary/aromatic N) is 2. The smallest absolute Gasteiger partial charge is 0.141 e. The van der Waals surface area contributed by atoms with Crippen LogP contribution in [0.2, 0.25) is 5.02 Å². The van der Waals surface area contributed by atoms with Crippen molar-refractivity contribution < 1.29 is 9.13 Å². The minimum Gasteiger partial charge on any atom is -0.496 e. The molecule has 2 N–H and O–H groups in total. The van der Waals surface area contributed by atoms with E-state index in [2.05, 4.69) is 44.9 Å². The van der Waals surface area contributed by atoms with E-state index in [1.54, 1.807) is 13.2 Å². The summed E-state index contributed by atoms with van der Waals surface area (Å²) < 4.78 is 19.1. The summed E-state index contributed by atoms with van der Waals surface area (Å²) in [6.07, 6.45) is 1.49. The van der Waals surface area contributed by atoms with Crippen molar-refractivity contribution >= 4 is 50.5 Å². The van der Waals surface area contributed by atoms with Gasteiger partial charge in [-0.1, -0.05) is 35.9 Å². The summed E-state index contributed by atoms with van der Waals surface area (Å²) in [6.45, 7) is 0.587. The van der Waals surface area contributed by atoms with E-state index in [1.807, 2.05) is 30.3 Å². The molecule has 0 unspecified atom stereocenters. The highest BCUT2D eigenvalue weighted by atomic mass is 35.5. The van der Waals surface area contributed by atoms with Crippen LogP contribution in [0.15, 0.2) is 79.1 Å². The van der Waals surface area contributed by atoms with Crippen molar-refractivity contribution in [1.29, 1.82) is 0 Å². The third-order valence-electron chi connectivity index (χ3n) is 5.45. The number of nitrogens with one attached hydrogen (secondary N) is 2. The topological polar surface area (TPSA) is 59.1 Å². The van der Waals surface area contributed by atoms with Crippen molar-refractivity contribution in [3.63, 3.8) is 0 Å². The predicted octanol–water partition coefficient (Wildman–Crippen LogP) is 6.94. The zero-order valence-corrected chi connectivity index (χ0v) is 18.5. The van der Waals surface area contributed by atoms with Crippen LogP contribution in [0.25, 0.3) is 21.7 Å². The average molecular weight is 459 g/mol. The van der Waals surface area contributed by atoms with E-state index >= 15 is 0 Å². The molecule has 1 aromatic heterocycles. The molecule has 4 aromatic carbocycles. The van der Waals surface area contributed by atoms with Gasteiger partial charge in [-0.15, -0.1) is 0 Å². The van der Waals surface area contributed by atoms with Gasteiger partial charge in [0.15, 0.2) is 0 Å². The lowest BCUT2D eigenvalue weighted by molar-refractivity contribution is 0.411. The Morgan fingerprint density at radius 1 is 0.909 bits per heavy atom. The molecular weight excluding hydrogens is 439 g/mol. The zero-order chi connectivity index (χ0) is 22.8. The third-order valence-corrected chi connectivity index (χ3v) is 5.74. The van der Waals surface area contributed by atoms with Crippen LogP contribution in [0, 0.1) is 5.82 Å². The molecule has 5 nitrogen and oxygen atoms in total. The van der Waals surface area contributed by atoms with E-state index in [4.69, 9.17) is 16.3 Å². The fourth-order valence-electron chi connectivity index (χ4n) is 3.77. The summed E-state index contributed by atoms with van der Waals surface area (Å²) in [5.74, 6) is 0.973. The summed E-state index contributed by atoms with van der Waals surface area (Å²) in [5.41, 5.74) is 3.39. The number of methoxy groups -OCH3 is 1. The molecule has 0 saturated heterocycles. The molecule has 0 aliphatic rings. The lowest BCUT2D eigenvalue weighted by atomic mass is 10.1. The van der Waals surface area contributed by atoms with Crippen LogP contribution < -0.4 is 15.4 Å². The lowest BCUT2D eigenvalue weighted by Gasteiger charge is -2.14. The number of rotatable bonds is 6. The van der Waals surface area contributed by atoms with Crippen molar-refractivity contribution in [2.24, 2.45) is 0 Å². The molecular formula is C26H20ClFN4O. The van der Waals surface area contributed by atoms with Gasteiger partial charge in [-0.2, -0.15) is 0 Å². The number of halogens is 2. The van der Waals surface area contributed by atoms with E-state index in [0.29, 0.717) is 18.1 Å². The van der Waals surface area contributed by atoms with Crippen LogP contribution in [-0.4, -0.2) is 17.1 Å². The molecule has 0 radical (unpaired) electrons. The van der Waals surface area contributed by atoms with Crippen LogP contribution in [0.4, 0.5) is 21.6 Å². The SMILES string of the molecule is COc1cc2ccccc2cc1CNc1ccc2ncnc(Nc3ccc(F)c(Cl)c3)c2c1. The summed E-state index contributed by atoms with van der Waals surface area (Å²) in [4.78, 5) is 8.72. The standard InChI is InChI=1S/C26H20ClFN4O/c1-33-25-11-17-5-3-2-4-16(17)10-18(25)14-29-19-7-9-24-21(12-19)26(31-15-30-24)32-20-6-8-23(28)22(27)13-20/h2-13,15,29H,14H2,1H3,(H,30,31,32). The minimum atomic E-state index is -0.467. The first-order valence-electron chi connectivity index (χ1n) is 10.4. The van der Waals surface area contributed by atoms with Gasteiger partial charge in [0.25, 0.3) is 0 Å². The van der Waals surface area contributed by atoms with Crippen molar-refractivity contribution in [3.05, 3.63) is 95.5 Å². The largest absolute Gasteiger partial charge is 0.496 e. The van der Waals surface area contributed by atoms with Crippen LogP contribution in [0.3, 0.4) is 0 Å². The van der Waals surface area contributed by atoms with Crippen LogP contribution >= 0.6 is 11.6 Å². The van der Waals surface area contributed by atoms with E-state index in [-0.39, 0.29) is 5.02 Å². The molecule has 164 valence electrons. The highest BCUT2D eigenvalue weighted by molar-refractivity contribution is 6.31. The van der Waals surface area contributed by atoms with Gasteiger partial charge in [0, 0.05) is 28.9 Å². The minimum absolute atomic E-state index is 0.0463. The third kappa shape index (κ3) is 4.38. The second-order valence-corrected chi connectivity index (χ2v) is 7.98. The van der Waals surface area contributed by atoms with Crippen LogP contribution in [-0.2, 0) is 6.54 Å². The van der Waals surface area contributed by atoms with Crippen LogP contribution in [0.1, 0.15) is 5.56 Å². The molecule has 0 spiro atoms. The Labute approximate surface area is 195 Å². The van der Waals surface area contributed by atoms with Gasteiger partial charge in [0.2, 0.25) is 0 Å². The molecule has 0 bridgehead atoms. The first-order chi connectivity index (χ1) is 16.1. The monoisotopic (exact) mass is 458 g/mol. The van der Waals surface area contributed by atoms with E-state index < -0.39 is 5.82 Å². The molecule has 33 heavy (non-hydrogen) atoms. The Morgan fingerprint density at radius 3 is 2.48 bits per heavy atom. The molecule has 0 amide bonds. The van der Waals surface area contributed by atoms with E-state index in [0.717, 1.165) is 38.7 Å². The quantitative estimate of drug-likeness (QED) is 0.288. The highest BCUT2D eigenvalue weighted by Gasteiger charge is 2.09. The first-order valence-corrected chi connectivity index (χ1v) is 10.7. The predicted molar refractivity (Wildman–Crippen MR) is 132 cm³/mol. The maximum absolute atomic E-state index is 13.5. The van der Waals surface area contributed by atoms with E-state index in [9.17, 15) is 4.39 Å². The van der Waals surface area contributed by atoms with Gasteiger partial charge in [0.05, 0.1) is 17.6 Å². The van der Waals surface area contributed by atoms with Crippen molar-refractivity contribution in [1.82, 2.24) is 9.97 Å². The molecule has 0 aliphatic heterocycles. The van der Waals surface area contributed by atoms with Crippen LogP contribution in [0.5, 0.6) is 5.75 Å². The van der Waals surface area contributed by atoms with Gasteiger partial charge < -0.3 is 15.4 Å². The Bertz CT molecular complexity index is 1470. The molecule has 5 aromatic rings. The number of hydrogen-bond donors (Lipinski definition) is 2. The van der Waals surface area contributed by atoms with Gasteiger partial charge in [-0.25, -0.2) is 14.4 Å². The molecule has 0 atom stereocenters. The molecule has 0 aliphatic carbocycles. The molecule has 5 rings (SSSR count). The van der Waals surface area contributed by atoms with Crippen molar-refractivity contribution in [2.45, 2.75) is 6.54 Å². The van der Waals surface area contributed by atoms with Crippen molar-refractivity contribution in [3.8, 4) is 5.75 Å². The number of benzene rings is 4. The number of ether oxygens (including phenoxy) is 1. The van der Waals surface area contributed by atoms with E-state index in [1.165, 1.54) is 18.5 Å². The first kappa shape index (κ1) is 21.0.